The van der Waals surface area contributed by atoms with Gasteiger partial charge in [0.05, 0.1) is 34.8 Å². The lowest BCUT2D eigenvalue weighted by Gasteiger charge is -2.47. The number of hydrogen-bond donors (Lipinski definition) is 1. The summed E-state index contributed by atoms with van der Waals surface area (Å²) in [5, 5.41) is 7.45. The maximum absolute atomic E-state index is 13.5. The first-order valence-corrected chi connectivity index (χ1v) is 14.5. The molecule has 1 spiro atoms. The Morgan fingerprint density at radius 2 is 1.89 bits per heavy atom. The second kappa shape index (κ2) is 7.91. The third-order valence-electron chi connectivity index (χ3n) is 7.83. The first-order valence-electron chi connectivity index (χ1n) is 12.2. The number of nitrogens with zero attached hydrogens (tertiary/aromatic N) is 6. The van der Waals surface area contributed by atoms with Crippen molar-refractivity contribution < 1.29 is 21.9 Å². The van der Waals surface area contributed by atoms with Crippen LogP contribution in [0.1, 0.15) is 44.0 Å². The SMILES string of the molecule is CC1(NS(=O)(=O)c2cc(N3CCC4(CC3)COC4)c3c(c2)n(-c2nnc(C(F)F)s2)c2nccn32)CC1. The van der Waals surface area contributed by atoms with E-state index in [2.05, 4.69) is 24.8 Å². The number of aromatic nitrogens is 5. The van der Waals surface area contributed by atoms with Gasteiger partial charge in [-0.05, 0) is 44.7 Å². The molecule has 0 atom stereocenters. The number of hydrogen-bond acceptors (Lipinski definition) is 8. The molecule has 1 aromatic carbocycles. The number of ether oxygens (including phenoxy) is 1. The van der Waals surface area contributed by atoms with E-state index in [1.165, 1.54) is 0 Å². The highest BCUT2D eigenvalue weighted by atomic mass is 32.2. The number of sulfonamides is 1. The second-order valence-corrected chi connectivity index (χ2v) is 13.3. The molecule has 0 radical (unpaired) electrons. The fourth-order valence-electron chi connectivity index (χ4n) is 5.30. The number of nitrogens with one attached hydrogen (secondary N) is 1. The summed E-state index contributed by atoms with van der Waals surface area (Å²) >= 11 is 0.762. The van der Waals surface area contributed by atoms with Crippen LogP contribution in [0.5, 0.6) is 0 Å². The van der Waals surface area contributed by atoms with E-state index in [1.807, 2.05) is 11.3 Å². The Kier molecular flexibility index (Phi) is 5.01. The molecular formula is C23H25F2N7O3S2. The third kappa shape index (κ3) is 3.75. The topological polar surface area (TPSA) is 107 Å². The molecule has 4 aromatic rings. The highest BCUT2D eigenvalue weighted by molar-refractivity contribution is 7.89. The lowest BCUT2D eigenvalue weighted by molar-refractivity contribution is -0.124. The number of fused-ring (bicyclic) bond motifs is 3. The van der Waals surface area contributed by atoms with Gasteiger partial charge in [0.2, 0.25) is 20.9 Å². The number of rotatable bonds is 6. The van der Waals surface area contributed by atoms with E-state index in [1.54, 1.807) is 29.1 Å². The van der Waals surface area contributed by atoms with Gasteiger partial charge in [-0.25, -0.2) is 26.9 Å². The van der Waals surface area contributed by atoms with E-state index < -0.39 is 27.0 Å². The van der Waals surface area contributed by atoms with Crippen LogP contribution in [0.2, 0.25) is 0 Å². The van der Waals surface area contributed by atoms with Crippen LogP contribution in [0.15, 0.2) is 29.4 Å². The molecule has 37 heavy (non-hydrogen) atoms. The fourth-order valence-corrected chi connectivity index (χ4v) is 7.52. The minimum atomic E-state index is -3.84. The lowest BCUT2D eigenvalue weighted by Crippen LogP contribution is -2.51. The first kappa shape index (κ1) is 23.4. The standard InChI is InChI=1S/C23H25F2N7O3S2/c1-22(2-3-22)29-37(33,34)14-10-15(30-7-4-23(5-8-30)12-35-13-23)17-16(11-14)32(20-26-6-9-31(17)20)21-28-27-19(36-21)18(24)25/h6,9-11,18,29H,2-5,7-8,12-13H2,1H3. The third-order valence-corrected chi connectivity index (χ3v) is 10.4. The van der Waals surface area contributed by atoms with Crippen molar-refractivity contribution in [3.63, 3.8) is 0 Å². The van der Waals surface area contributed by atoms with Gasteiger partial charge in [-0.2, -0.15) is 0 Å². The molecular weight excluding hydrogens is 524 g/mol. The number of piperidine rings is 1. The average molecular weight is 550 g/mol. The van der Waals surface area contributed by atoms with Gasteiger partial charge >= 0.3 is 0 Å². The molecule has 1 saturated carbocycles. The summed E-state index contributed by atoms with van der Waals surface area (Å²) in [5.74, 6) is 0.450. The molecule has 5 heterocycles. The van der Waals surface area contributed by atoms with Gasteiger partial charge in [0, 0.05) is 36.4 Å². The van der Waals surface area contributed by atoms with Crippen LogP contribution in [0.3, 0.4) is 0 Å². The molecule has 1 aliphatic carbocycles. The van der Waals surface area contributed by atoms with Crippen LogP contribution < -0.4 is 9.62 Å². The van der Waals surface area contributed by atoms with Crippen molar-refractivity contribution in [2.24, 2.45) is 5.41 Å². The first-order chi connectivity index (χ1) is 17.7. The number of halogens is 2. The maximum Gasteiger partial charge on any atom is 0.291 e. The van der Waals surface area contributed by atoms with Crippen molar-refractivity contribution in [1.29, 1.82) is 0 Å². The van der Waals surface area contributed by atoms with Gasteiger partial charge in [0.15, 0.2) is 5.01 Å². The summed E-state index contributed by atoms with van der Waals surface area (Å²) in [6.07, 6.45) is 4.12. The van der Waals surface area contributed by atoms with Gasteiger partial charge in [-0.15, -0.1) is 10.2 Å². The second-order valence-electron chi connectivity index (χ2n) is 10.6. The summed E-state index contributed by atoms with van der Waals surface area (Å²) in [6.45, 7) is 4.92. The molecule has 3 aromatic heterocycles. The van der Waals surface area contributed by atoms with Crippen molar-refractivity contribution in [3.8, 4) is 5.13 Å². The monoisotopic (exact) mass is 549 g/mol. The predicted octanol–water partition coefficient (Wildman–Crippen LogP) is 3.51. The van der Waals surface area contributed by atoms with E-state index >= 15 is 0 Å². The normalized spacial score (nSPS) is 20.8. The zero-order valence-corrected chi connectivity index (χ0v) is 21.7. The minimum Gasteiger partial charge on any atom is -0.380 e. The quantitative estimate of drug-likeness (QED) is 0.392. The predicted molar refractivity (Wildman–Crippen MR) is 133 cm³/mol. The molecule has 2 aliphatic heterocycles. The molecule has 0 amide bonds. The summed E-state index contributed by atoms with van der Waals surface area (Å²) < 4.78 is 65.5. The van der Waals surface area contributed by atoms with Crippen LogP contribution in [-0.4, -0.2) is 64.4 Å². The number of benzene rings is 1. The molecule has 0 unspecified atom stereocenters. The molecule has 196 valence electrons. The Morgan fingerprint density at radius 3 is 2.51 bits per heavy atom. The summed E-state index contributed by atoms with van der Waals surface area (Å²) in [7, 11) is -3.84. The Balaban J connectivity index is 1.44. The van der Waals surface area contributed by atoms with Gasteiger partial charge in [-0.3, -0.25) is 8.97 Å². The van der Waals surface area contributed by atoms with Crippen molar-refractivity contribution in [3.05, 3.63) is 29.5 Å². The smallest absolute Gasteiger partial charge is 0.291 e. The van der Waals surface area contributed by atoms with E-state index in [0.29, 0.717) is 11.3 Å². The number of anilines is 1. The molecule has 7 rings (SSSR count). The number of imidazole rings is 2. The fraction of sp³-hybridized carbons (Fsp3) is 0.522. The summed E-state index contributed by atoms with van der Waals surface area (Å²) in [4.78, 5) is 6.78. The van der Waals surface area contributed by atoms with Crippen LogP contribution >= 0.6 is 11.3 Å². The van der Waals surface area contributed by atoms with Crippen molar-refractivity contribution in [2.45, 2.75) is 49.5 Å². The number of alkyl halides is 2. The van der Waals surface area contributed by atoms with E-state index in [0.717, 1.165) is 74.5 Å². The molecule has 0 bridgehead atoms. The zero-order chi connectivity index (χ0) is 25.6. The highest BCUT2D eigenvalue weighted by Crippen LogP contribution is 2.43. The van der Waals surface area contributed by atoms with Gasteiger partial charge in [-0.1, -0.05) is 11.3 Å². The Labute approximate surface area is 215 Å². The summed E-state index contributed by atoms with van der Waals surface area (Å²) in [6, 6.07) is 3.30. The molecule has 1 N–H and O–H groups in total. The van der Waals surface area contributed by atoms with Gasteiger partial charge < -0.3 is 9.64 Å². The molecule has 3 fully saturated rings. The van der Waals surface area contributed by atoms with E-state index in [9.17, 15) is 17.2 Å². The Morgan fingerprint density at radius 1 is 1.14 bits per heavy atom. The van der Waals surface area contributed by atoms with Gasteiger partial charge in [0.25, 0.3) is 6.43 Å². The minimum absolute atomic E-state index is 0.121. The molecule has 2 saturated heterocycles. The van der Waals surface area contributed by atoms with Crippen molar-refractivity contribution >= 4 is 43.9 Å². The Hall–Kier alpha value is -2.68. The highest BCUT2D eigenvalue weighted by Gasteiger charge is 2.43. The zero-order valence-electron chi connectivity index (χ0n) is 20.0. The Bertz CT molecular complexity index is 1630. The largest absolute Gasteiger partial charge is 0.380 e. The van der Waals surface area contributed by atoms with E-state index in [4.69, 9.17) is 4.74 Å². The van der Waals surface area contributed by atoms with Crippen LogP contribution in [0.25, 0.3) is 21.9 Å². The van der Waals surface area contributed by atoms with Crippen molar-refractivity contribution in [2.75, 3.05) is 31.2 Å². The maximum atomic E-state index is 13.5. The summed E-state index contributed by atoms with van der Waals surface area (Å²) in [5.41, 5.74) is 1.78. The molecule has 14 heteroatoms. The van der Waals surface area contributed by atoms with Gasteiger partial charge in [0.1, 0.15) is 0 Å². The van der Waals surface area contributed by atoms with Crippen molar-refractivity contribution in [1.82, 2.24) is 28.9 Å². The molecule has 10 nitrogen and oxygen atoms in total. The van der Waals surface area contributed by atoms with Crippen LogP contribution in [0.4, 0.5) is 14.5 Å². The average Bonchev–Trinajstić information content (AvgIpc) is 3.24. The van der Waals surface area contributed by atoms with Crippen LogP contribution in [0, 0.1) is 5.41 Å². The lowest BCUT2D eigenvalue weighted by atomic mass is 9.77. The molecule has 3 aliphatic rings. The van der Waals surface area contributed by atoms with Crippen LogP contribution in [-0.2, 0) is 14.8 Å². The van der Waals surface area contributed by atoms with E-state index in [-0.39, 0.29) is 15.4 Å².